The molecule has 70 valence electrons. The Morgan fingerprint density at radius 2 is 2.00 bits per heavy atom. The minimum absolute atomic E-state index is 0.240. The fourth-order valence-electron chi connectivity index (χ4n) is 0.885. The van der Waals surface area contributed by atoms with Crippen LogP contribution in [-0.4, -0.2) is 13.1 Å². The van der Waals surface area contributed by atoms with Crippen LogP contribution < -0.4 is 16.2 Å². The number of carbonyl (C=O) groups is 1. The molecule has 3 N–H and O–H groups in total. The van der Waals surface area contributed by atoms with E-state index in [2.05, 4.69) is 16.2 Å². The molecule has 1 aromatic carbocycles. The van der Waals surface area contributed by atoms with Crippen molar-refractivity contribution in [3.63, 3.8) is 0 Å². The Hall–Kier alpha value is -1.55. The first kappa shape index (κ1) is 9.54. The van der Waals surface area contributed by atoms with E-state index in [-0.39, 0.29) is 6.03 Å². The van der Waals surface area contributed by atoms with Gasteiger partial charge in [0.25, 0.3) is 0 Å². The van der Waals surface area contributed by atoms with Crippen LogP contribution in [0.3, 0.4) is 0 Å². The Bertz CT molecular complexity index is 261. The lowest BCUT2D eigenvalue weighted by Gasteiger charge is -2.05. The van der Waals surface area contributed by atoms with Crippen LogP contribution in [0.2, 0.25) is 0 Å². The minimum Gasteiger partial charge on any atom is -0.340 e. The maximum atomic E-state index is 10.7. The summed E-state index contributed by atoms with van der Waals surface area (Å²) in [6.45, 7) is 0.619. The molecule has 4 nitrogen and oxygen atoms in total. The van der Waals surface area contributed by atoms with Crippen molar-refractivity contribution >= 4 is 6.03 Å². The number of hydrogen-bond acceptors (Lipinski definition) is 2. The monoisotopic (exact) mass is 179 g/mol. The largest absolute Gasteiger partial charge is 0.340 e. The molecule has 0 saturated heterocycles. The zero-order valence-electron chi connectivity index (χ0n) is 7.50. The number of nitrogens with one attached hydrogen (secondary N) is 3. The molecule has 0 aromatic heterocycles. The van der Waals surface area contributed by atoms with Crippen molar-refractivity contribution in [3.05, 3.63) is 35.9 Å². The van der Waals surface area contributed by atoms with Gasteiger partial charge in [-0.25, -0.2) is 10.2 Å². The quantitative estimate of drug-likeness (QED) is 0.596. The SMILES string of the molecule is CNC(=O)NNCc1ccccc1. The summed E-state index contributed by atoms with van der Waals surface area (Å²) in [5.41, 5.74) is 6.40. The molecule has 0 spiro atoms. The number of carbonyl (C=O) groups excluding carboxylic acids is 1. The Kier molecular flexibility index (Phi) is 3.78. The summed E-state index contributed by atoms with van der Waals surface area (Å²) in [5.74, 6) is 0. The molecule has 0 saturated carbocycles. The molecule has 0 unspecified atom stereocenters. The second-order valence-electron chi connectivity index (χ2n) is 2.54. The lowest BCUT2D eigenvalue weighted by atomic mass is 10.2. The average Bonchev–Trinajstić information content (AvgIpc) is 2.19. The van der Waals surface area contributed by atoms with Crippen molar-refractivity contribution < 1.29 is 4.79 Å². The fourth-order valence-corrected chi connectivity index (χ4v) is 0.885. The first-order valence-electron chi connectivity index (χ1n) is 4.07. The normalized spacial score (nSPS) is 9.31. The molecule has 0 aliphatic rings. The minimum atomic E-state index is -0.240. The van der Waals surface area contributed by atoms with Crippen LogP contribution in [0.15, 0.2) is 30.3 Å². The highest BCUT2D eigenvalue weighted by Gasteiger charge is 1.93. The highest BCUT2D eigenvalue weighted by atomic mass is 16.2. The molecular weight excluding hydrogens is 166 g/mol. The topological polar surface area (TPSA) is 53.2 Å². The first-order chi connectivity index (χ1) is 6.33. The van der Waals surface area contributed by atoms with Crippen molar-refractivity contribution in [3.8, 4) is 0 Å². The second kappa shape index (κ2) is 5.16. The van der Waals surface area contributed by atoms with Gasteiger partial charge in [0.05, 0.1) is 0 Å². The molecule has 4 heteroatoms. The van der Waals surface area contributed by atoms with E-state index in [1.165, 1.54) is 0 Å². The van der Waals surface area contributed by atoms with Gasteiger partial charge in [0, 0.05) is 13.6 Å². The summed E-state index contributed by atoms with van der Waals surface area (Å²) in [6, 6.07) is 9.59. The third-order valence-corrected chi connectivity index (χ3v) is 1.56. The van der Waals surface area contributed by atoms with Gasteiger partial charge in [0.15, 0.2) is 0 Å². The van der Waals surface area contributed by atoms with Gasteiger partial charge >= 0.3 is 6.03 Å². The van der Waals surface area contributed by atoms with Gasteiger partial charge < -0.3 is 5.32 Å². The van der Waals surface area contributed by atoms with Crippen molar-refractivity contribution in [2.45, 2.75) is 6.54 Å². The smallest absolute Gasteiger partial charge is 0.328 e. The summed E-state index contributed by atoms with van der Waals surface area (Å²) in [4.78, 5) is 10.7. The summed E-state index contributed by atoms with van der Waals surface area (Å²) < 4.78 is 0. The number of benzene rings is 1. The third-order valence-electron chi connectivity index (χ3n) is 1.56. The molecule has 0 heterocycles. The maximum Gasteiger partial charge on any atom is 0.328 e. The summed E-state index contributed by atoms with van der Waals surface area (Å²) in [5, 5.41) is 2.44. The molecule has 1 rings (SSSR count). The van der Waals surface area contributed by atoms with E-state index in [0.717, 1.165) is 5.56 Å². The third kappa shape index (κ3) is 3.57. The van der Waals surface area contributed by atoms with Crippen LogP contribution in [0.5, 0.6) is 0 Å². The highest BCUT2D eigenvalue weighted by molar-refractivity contribution is 5.72. The lowest BCUT2D eigenvalue weighted by Crippen LogP contribution is -2.42. The van der Waals surface area contributed by atoms with Gasteiger partial charge in [-0.15, -0.1) is 0 Å². The predicted molar refractivity (Wildman–Crippen MR) is 50.9 cm³/mol. The zero-order chi connectivity index (χ0) is 9.52. The molecule has 0 bridgehead atoms. The summed E-state index contributed by atoms with van der Waals surface area (Å²) in [6.07, 6.45) is 0. The molecule has 0 radical (unpaired) electrons. The maximum absolute atomic E-state index is 10.7. The van der Waals surface area contributed by atoms with Crippen LogP contribution >= 0.6 is 0 Å². The highest BCUT2D eigenvalue weighted by Crippen LogP contribution is 1.95. The molecular formula is C9H13N3O. The molecule has 0 atom stereocenters. The molecule has 13 heavy (non-hydrogen) atoms. The van der Waals surface area contributed by atoms with Crippen LogP contribution in [-0.2, 0) is 6.54 Å². The molecule has 0 fully saturated rings. The van der Waals surface area contributed by atoms with E-state index >= 15 is 0 Å². The fraction of sp³-hybridized carbons (Fsp3) is 0.222. The van der Waals surface area contributed by atoms with Gasteiger partial charge in [-0.3, -0.25) is 5.43 Å². The lowest BCUT2D eigenvalue weighted by molar-refractivity contribution is 0.238. The Balaban J connectivity index is 2.24. The zero-order valence-corrected chi connectivity index (χ0v) is 7.50. The number of urea groups is 1. The van der Waals surface area contributed by atoms with Gasteiger partial charge in [0.2, 0.25) is 0 Å². The Morgan fingerprint density at radius 3 is 2.62 bits per heavy atom. The van der Waals surface area contributed by atoms with Gasteiger partial charge in [-0.2, -0.15) is 0 Å². The van der Waals surface area contributed by atoms with Crippen LogP contribution in [0.1, 0.15) is 5.56 Å². The number of hydrogen-bond donors (Lipinski definition) is 3. The van der Waals surface area contributed by atoms with E-state index in [1.807, 2.05) is 30.3 Å². The first-order valence-corrected chi connectivity index (χ1v) is 4.07. The summed E-state index contributed by atoms with van der Waals surface area (Å²) >= 11 is 0. The van der Waals surface area contributed by atoms with Gasteiger partial charge in [-0.1, -0.05) is 30.3 Å². The molecule has 2 amide bonds. The number of hydrazine groups is 1. The Morgan fingerprint density at radius 1 is 1.31 bits per heavy atom. The summed E-state index contributed by atoms with van der Waals surface area (Å²) in [7, 11) is 1.57. The van der Waals surface area contributed by atoms with E-state index in [0.29, 0.717) is 6.54 Å². The second-order valence-corrected chi connectivity index (χ2v) is 2.54. The van der Waals surface area contributed by atoms with Crippen LogP contribution in [0.25, 0.3) is 0 Å². The van der Waals surface area contributed by atoms with E-state index in [1.54, 1.807) is 7.05 Å². The molecule has 0 aliphatic heterocycles. The van der Waals surface area contributed by atoms with E-state index < -0.39 is 0 Å². The van der Waals surface area contributed by atoms with E-state index in [9.17, 15) is 4.79 Å². The van der Waals surface area contributed by atoms with Crippen LogP contribution in [0.4, 0.5) is 4.79 Å². The van der Waals surface area contributed by atoms with Crippen molar-refractivity contribution in [2.24, 2.45) is 0 Å². The van der Waals surface area contributed by atoms with Crippen LogP contribution in [0, 0.1) is 0 Å². The van der Waals surface area contributed by atoms with Crippen molar-refractivity contribution in [1.29, 1.82) is 0 Å². The number of amides is 2. The van der Waals surface area contributed by atoms with E-state index in [4.69, 9.17) is 0 Å². The van der Waals surface area contributed by atoms with Crippen molar-refractivity contribution in [2.75, 3.05) is 7.05 Å². The van der Waals surface area contributed by atoms with Crippen molar-refractivity contribution in [1.82, 2.24) is 16.2 Å². The molecule has 0 aliphatic carbocycles. The molecule has 1 aromatic rings. The van der Waals surface area contributed by atoms with Gasteiger partial charge in [-0.05, 0) is 5.56 Å². The average molecular weight is 179 g/mol. The number of rotatable bonds is 3. The standard InChI is InChI=1S/C9H13N3O/c1-10-9(13)12-11-7-8-5-3-2-4-6-8/h2-6,11H,7H2,1H3,(H2,10,12,13). The predicted octanol–water partition coefficient (Wildman–Crippen LogP) is 0.620. The Labute approximate surface area is 77.3 Å². The van der Waals surface area contributed by atoms with Gasteiger partial charge in [0.1, 0.15) is 0 Å².